The molecule has 0 fully saturated rings. The van der Waals surface area contributed by atoms with Crippen LogP contribution in [-0.4, -0.2) is 20.5 Å². The van der Waals surface area contributed by atoms with Gasteiger partial charge in [-0.05, 0) is 18.6 Å². The van der Waals surface area contributed by atoms with E-state index in [0.29, 0.717) is 4.90 Å². The van der Waals surface area contributed by atoms with Crippen molar-refractivity contribution in [1.82, 2.24) is 0 Å². The maximum absolute atomic E-state index is 11.7. The van der Waals surface area contributed by atoms with Crippen molar-refractivity contribution < 1.29 is 13.2 Å². The lowest BCUT2D eigenvalue weighted by Crippen LogP contribution is -2.03. The van der Waals surface area contributed by atoms with Crippen LogP contribution in [0.15, 0.2) is 23.1 Å². The van der Waals surface area contributed by atoms with Crippen molar-refractivity contribution in [3.8, 4) is 0 Å². The Kier molecular flexibility index (Phi) is 2.38. The summed E-state index contributed by atoms with van der Waals surface area (Å²) in [6, 6.07) is 5.30. The second-order valence-corrected chi connectivity index (χ2v) is 5.92. The molecule has 1 aliphatic heterocycles. The van der Waals surface area contributed by atoms with E-state index in [1.807, 2.05) is 13.0 Å². The summed E-state index contributed by atoms with van der Waals surface area (Å²) in [5.41, 5.74) is 1.84. The van der Waals surface area contributed by atoms with Crippen LogP contribution < -0.4 is 0 Å². The normalized spacial score (nSPS) is 22.3. The van der Waals surface area contributed by atoms with E-state index in [9.17, 15) is 13.2 Å². The van der Waals surface area contributed by atoms with Gasteiger partial charge in [0.2, 0.25) is 0 Å². The number of sulfone groups is 1. The molecule has 3 nitrogen and oxygen atoms in total. The predicted molar refractivity (Wildman–Crippen MR) is 56.7 cm³/mol. The van der Waals surface area contributed by atoms with Crippen molar-refractivity contribution >= 4 is 16.1 Å². The summed E-state index contributed by atoms with van der Waals surface area (Å²) in [6.45, 7) is 1.92. The summed E-state index contributed by atoms with van der Waals surface area (Å²) >= 11 is 0. The second-order valence-electron chi connectivity index (χ2n) is 3.92. The molecule has 1 heterocycles. The van der Waals surface area contributed by atoms with Gasteiger partial charge in [-0.3, -0.25) is 0 Å². The van der Waals surface area contributed by atoms with E-state index in [1.165, 1.54) is 0 Å². The van der Waals surface area contributed by atoms with Crippen LogP contribution in [-0.2, 0) is 14.6 Å². The number of aldehydes is 1. The number of fused-ring (bicyclic) bond motifs is 1. The molecule has 1 unspecified atom stereocenters. The van der Waals surface area contributed by atoms with Gasteiger partial charge in [-0.1, -0.05) is 17.7 Å². The minimum Gasteiger partial charge on any atom is -0.303 e. The molecule has 1 aliphatic rings. The highest BCUT2D eigenvalue weighted by molar-refractivity contribution is 7.91. The van der Waals surface area contributed by atoms with Gasteiger partial charge in [0.15, 0.2) is 9.84 Å². The van der Waals surface area contributed by atoms with Crippen LogP contribution >= 0.6 is 0 Å². The van der Waals surface area contributed by atoms with Crippen LogP contribution in [0.2, 0.25) is 0 Å². The molecule has 4 heteroatoms. The molecule has 0 spiro atoms. The first-order valence-corrected chi connectivity index (χ1v) is 6.47. The fraction of sp³-hybridized carbons (Fsp3) is 0.364. The zero-order valence-corrected chi connectivity index (χ0v) is 9.25. The van der Waals surface area contributed by atoms with Crippen molar-refractivity contribution in [3.63, 3.8) is 0 Å². The van der Waals surface area contributed by atoms with Gasteiger partial charge >= 0.3 is 0 Å². The zero-order valence-electron chi connectivity index (χ0n) is 8.43. The average Bonchev–Trinajstić information content (AvgIpc) is 2.39. The van der Waals surface area contributed by atoms with Gasteiger partial charge in [0.25, 0.3) is 0 Å². The van der Waals surface area contributed by atoms with Gasteiger partial charge in [0.1, 0.15) is 6.29 Å². The van der Waals surface area contributed by atoms with Crippen molar-refractivity contribution in [2.45, 2.75) is 24.2 Å². The van der Waals surface area contributed by atoms with E-state index >= 15 is 0 Å². The Morgan fingerprint density at radius 1 is 1.47 bits per heavy atom. The van der Waals surface area contributed by atoms with Gasteiger partial charge in [-0.15, -0.1) is 0 Å². The lowest BCUT2D eigenvalue weighted by molar-refractivity contribution is -0.108. The fourth-order valence-corrected chi connectivity index (χ4v) is 3.91. The van der Waals surface area contributed by atoms with Crippen LogP contribution in [0.4, 0.5) is 0 Å². The third kappa shape index (κ3) is 1.69. The monoisotopic (exact) mass is 224 g/mol. The number of carbonyl (C=O) groups excluding carboxylic acids is 1. The lowest BCUT2D eigenvalue weighted by Gasteiger charge is -2.05. The standard InChI is InChI=1S/C11H12O3S/c1-8-2-3-11-10(6-8)9(4-5-12)7-15(11,13)14/h2-3,5-6,9H,4,7H2,1H3. The van der Waals surface area contributed by atoms with E-state index < -0.39 is 9.84 Å². The van der Waals surface area contributed by atoms with Crippen molar-refractivity contribution in [1.29, 1.82) is 0 Å². The van der Waals surface area contributed by atoms with Crippen LogP contribution in [0.25, 0.3) is 0 Å². The minimum absolute atomic E-state index is 0.0739. The number of benzene rings is 1. The molecular weight excluding hydrogens is 212 g/mol. The molecule has 1 atom stereocenters. The first-order chi connectivity index (χ1) is 7.04. The highest BCUT2D eigenvalue weighted by Crippen LogP contribution is 2.36. The Balaban J connectivity index is 2.58. The van der Waals surface area contributed by atoms with Crippen molar-refractivity contribution in [2.75, 3.05) is 5.75 Å². The molecular formula is C11H12O3S. The van der Waals surface area contributed by atoms with E-state index in [2.05, 4.69) is 0 Å². The zero-order chi connectivity index (χ0) is 11.1. The van der Waals surface area contributed by atoms with Crippen LogP contribution in [0, 0.1) is 6.92 Å². The lowest BCUT2D eigenvalue weighted by atomic mass is 9.97. The molecule has 0 aliphatic carbocycles. The summed E-state index contributed by atoms with van der Waals surface area (Å²) in [5.74, 6) is -0.0766. The molecule has 2 rings (SSSR count). The van der Waals surface area contributed by atoms with E-state index in [1.54, 1.807) is 12.1 Å². The van der Waals surface area contributed by atoms with Gasteiger partial charge in [-0.2, -0.15) is 0 Å². The molecule has 0 amide bonds. The quantitative estimate of drug-likeness (QED) is 0.714. The van der Waals surface area contributed by atoms with Gasteiger partial charge < -0.3 is 4.79 Å². The third-order valence-electron chi connectivity index (χ3n) is 2.74. The van der Waals surface area contributed by atoms with Gasteiger partial charge in [0, 0.05) is 12.3 Å². The first-order valence-electron chi connectivity index (χ1n) is 4.81. The van der Waals surface area contributed by atoms with Crippen LogP contribution in [0.1, 0.15) is 23.5 Å². The molecule has 80 valence electrons. The minimum atomic E-state index is -3.15. The summed E-state index contributed by atoms with van der Waals surface area (Å²) in [4.78, 5) is 10.9. The highest BCUT2D eigenvalue weighted by atomic mass is 32.2. The molecule has 1 aromatic rings. The molecule has 0 saturated heterocycles. The fourth-order valence-electron chi connectivity index (χ4n) is 2.03. The third-order valence-corrected chi connectivity index (χ3v) is 4.62. The van der Waals surface area contributed by atoms with Crippen LogP contribution in [0.5, 0.6) is 0 Å². The molecule has 0 N–H and O–H groups in total. The molecule has 0 radical (unpaired) electrons. The SMILES string of the molecule is Cc1ccc2c(c1)C(CC=O)CS2(=O)=O. The molecule has 0 aromatic heterocycles. The smallest absolute Gasteiger partial charge is 0.179 e. The number of rotatable bonds is 2. The predicted octanol–water partition coefficient (Wildman–Crippen LogP) is 1.45. The van der Waals surface area contributed by atoms with Crippen molar-refractivity contribution in [2.24, 2.45) is 0 Å². The largest absolute Gasteiger partial charge is 0.303 e. The van der Waals surface area contributed by atoms with E-state index in [0.717, 1.165) is 17.4 Å². The Bertz CT molecular complexity index is 503. The molecule has 1 aromatic carbocycles. The molecule has 0 saturated carbocycles. The summed E-state index contributed by atoms with van der Waals surface area (Å²) in [5, 5.41) is 0. The number of hydrogen-bond donors (Lipinski definition) is 0. The highest BCUT2D eigenvalue weighted by Gasteiger charge is 2.34. The Morgan fingerprint density at radius 2 is 2.20 bits per heavy atom. The Morgan fingerprint density at radius 3 is 2.87 bits per heavy atom. The maximum Gasteiger partial charge on any atom is 0.179 e. The Hall–Kier alpha value is -1.16. The first kappa shape index (κ1) is 10.4. The average molecular weight is 224 g/mol. The second kappa shape index (κ2) is 3.45. The van der Waals surface area contributed by atoms with Gasteiger partial charge in [0.05, 0.1) is 10.6 Å². The summed E-state index contributed by atoms with van der Waals surface area (Å²) in [7, 11) is -3.15. The van der Waals surface area contributed by atoms with Crippen LogP contribution in [0.3, 0.4) is 0 Å². The topological polar surface area (TPSA) is 51.2 Å². The number of hydrogen-bond acceptors (Lipinski definition) is 3. The summed E-state index contributed by atoms with van der Waals surface area (Å²) in [6.07, 6.45) is 1.08. The number of carbonyl (C=O) groups is 1. The maximum atomic E-state index is 11.7. The van der Waals surface area contributed by atoms with E-state index in [4.69, 9.17) is 0 Å². The molecule has 0 bridgehead atoms. The van der Waals surface area contributed by atoms with Gasteiger partial charge in [-0.25, -0.2) is 8.42 Å². The van der Waals surface area contributed by atoms with Crippen molar-refractivity contribution in [3.05, 3.63) is 29.3 Å². The molecule has 15 heavy (non-hydrogen) atoms. The number of aryl methyl sites for hydroxylation is 1. The van der Waals surface area contributed by atoms with E-state index in [-0.39, 0.29) is 18.1 Å². The Labute approximate surface area is 89.0 Å². The summed E-state index contributed by atoms with van der Waals surface area (Å²) < 4.78 is 23.5.